The Hall–Kier alpha value is -1.13. The van der Waals surface area contributed by atoms with Crippen molar-refractivity contribution in [2.75, 3.05) is 7.05 Å². The maximum atomic E-state index is 13.2. The van der Waals surface area contributed by atoms with Crippen LogP contribution in [0.5, 0.6) is 0 Å². The lowest BCUT2D eigenvalue weighted by atomic mass is 10.3. The molecule has 1 saturated heterocycles. The first kappa shape index (κ1) is 16.7. The number of aliphatic imine (C=N–C) groups is 1. The number of carbonyl (C=O) groups is 1. The summed E-state index contributed by atoms with van der Waals surface area (Å²) in [7, 11) is 1.64. The van der Waals surface area contributed by atoms with E-state index in [-0.39, 0.29) is 11.7 Å². The molecule has 1 aromatic carbocycles. The van der Waals surface area contributed by atoms with E-state index in [9.17, 15) is 9.18 Å². The number of hydrogen-bond acceptors (Lipinski definition) is 4. The summed E-state index contributed by atoms with van der Waals surface area (Å²) in [5.74, 6) is 0.0415. The van der Waals surface area contributed by atoms with Crippen molar-refractivity contribution in [3.63, 3.8) is 0 Å². The maximum absolute atomic E-state index is 13.2. The van der Waals surface area contributed by atoms with Gasteiger partial charge < -0.3 is 4.42 Å². The minimum atomic E-state index is -0.366. The van der Waals surface area contributed by atoms with Crippen molar-refractivity contribution >= 4 is 73.1 Å². The summed E-state index contributed by atoms with van der Waals surface area (Å²) in [5, 5.41) is 0.493. The van der Waals surface area contributed by atoms with Crippen LogP contribution >= 0.6 is 50.3 Å². The predicted octanol–water partition coefficient (Wildman–Crippen LogP) is 5.02. The molecular weight excluding hydrogens is 498 g/mol. The molecule has 23 heavy (non-hydrogen) atoms. The number of amidine groups is 1. The first-order valence-corrected chi connectivity index (χ1v) is 9.09. The molecule has 0 spiro atoms. The third-order valence-corrected chi connectivity index (χ3v) is 6.17. The Bertz CT molecular complexity index is 830. The highest BCUT2D eigenvalue weighted by Crippen LogP contribution is 2.34. The molecule has 0 radical (unpaired) electrons. The lowest BCUT2D eigenvalue weighted by Gasteiger charge is -2.06. The van der Waals surface area contributed by atoms with E-state index < -0.39 is 0 Å². The molecule has 1 amide bonds. The molecule has 0 unspecified atom stereocenters. The number of amides is 1. The first-order valence-electron chi connectivity index (χ1n) is 6.41. The van der Waals surface area contributed by atoms with Gasteiger partial charge in [0.25, 0.3) is 5.91 Å². The van der Waals surface area contributed by atoms with Gasteiger partial charge in [-0.2, -0.15) is 0 Å². The number of halogens is 3. The van der Waals surface area contributed by atoms with Crippen LogP contribution in [0.25, 0.3) is 6.08 Å². The summed E-state index contributed by atoms with van der Waals surface area (Å²) in [6, 6.07) is 7.73. The zero-order valence-electron chi connectivity index (χ0n) is 11.7. The van der Waals surface area contributed by atoms with Gasteiger partial charge in [-0.05, 0) is 52.0 Å². The number of furan rings is 1. The largest absolute Gasteiger partial charge is 0.450 e. The molecular formula is C15H9BrFIN2O2S. The summed E-state index contributed by atoms with van der Waals surface area (Å²) in [4.78, 5) is 18.6. The van der Waals surface area contributed by atoms with Crippen molar-refractivity contribution in [1.82, 2.24) is 4.90 Å². The van der Waals surface area contributed by atoms with E-state index in [0.717, 1.165) is 4.47 Å². The summed E-state index contributed by atoms with van der Waals surface area (Å²) in [6.07, 6.45) is 1.67. The van der Waals surface area contributed by atoms with E-state index in [1.807, 2.05) is 0 Å². The SMILES string of the molecule is CN1C(=O)/C(=C/c2cc(Br)c(I)o2)SC1=Nc1cccc(F)c1. The van der Waals surface area contributed by atoms with Gasteiger partial charge in [-0.3, -0.25) is 9.69 Å². The second kappa shape index (κ2) is 6.78. The van der Waals surface area contributed by atoms with Crippen molar-refractivity contribution in [2.24, 2.45) is 4.99 Å². The molecule has 8 heteroatoms. The monoisotopic (exact) mass is 506 g/mol. The maximum Gasteiger partial charge on any atom is 0.266 e. The fourth-order valence-electron chi connectivity index (χ4n) is 1.87. The summed E-state index contributed by atoms with van der Waals surface area (Å²) >= 11 is 6.65. The molecule has 1 aromatic heterocycles. The van der Waals surface area contributed by atoms with E-state index in [1.54, 1.807) is 31.3 Å². The van der Waals surface area contributed by atoms with Gasteiger partial charge in [0.2, 0.25) is 0 Å². The van der Waals surface area contributed by atoms with E-state index in [0.29, 0.717) is 25.3 Å². The molecule has 2 aromatic rings. The smallest absolute Gasteiger partial charge is 0.266 e. The number of nitrogens with zero attached hydrogens (tertiary/aromatic N) is 2. The highest BCUT2D eigenvalue weighted by molar-refractivity contribution is 14.1. The third kappa shape index (κ3) is 3.69. The van der Waals surface area contributed by atoms with Crippen LogP contribution in [0.15, 0.2) is 49.1 Å². The second-order valence-electron chi connectivity index (χ2n) is 4.62. The van der Waals surface area contributed by atoms with Crippen LogP contribution in [-0.4, -0.2) is 23.0 Å². The Morgan fingerprint density at radius 1 is 1.43 bits per heavy atom. The van der Waals surface area contributed by atoms with Crippen molar-refractivity contribution in [3.8, 4) is 0 Å². The lowest BCUT2D eigenvalue weighted by molar-refractivity contribution is -0.121. The molecule has 2 heterocycles. The quantitative estimate of drug-likeness (QED) is 0.424. The summed E-state index contributed by atoms with van der Waals surface area (Å²) < 4.78 is 20.3. The van der Waals surface area contributed by atoms with Gasteiger partial charge >= 0.3 is 0 Å². The molecule has 0 aliphatic carbocycles. The zero-order valence-corrected chi connectivity index (χ0v) is 16.3. The number of likely N-dealkylation sites (N-methyl/N-ethyl adjacent to an activating group) is 1. The Kier molecular flexibility index (Phi) is 4.93. The molecule has 1 aliphatic heterocycles. The Balaban J connectivity index is 1.90. The number of carbonyl (C=O) groups excluding carboxylic acids is 1. The average Bonchev–Trinajstić information content (AvgIpc) is 2.94. The highest BCUT2D eigenvalue weighted by atomic mass is 127. The number of benzene rings is 1. The molecule has 3 rings (SSSR count). The molecule has 118 valence electrons. The number of hydrogen-bond donors (Lipinski definition) is 0. The molecule has 0 atom stereocenters. The molecule has 0 saturated carbocycles. The van der Waals surface area contributed by atoms with Crippen molar-refractivity contribution in [3.05, 3.63) is 55.1 Å². The summed E-state index contributed by atoms with van der Waals surface area (Å²) in [5.41, 5.74) is 0.462. The standard InChI is InChI=1S/C15H9BrFIN2O2S/c1-20-14(21)12(7-10-6-11(16)13(18)22-10)23-15(20)19-9-4-2-3-8(17)5-9/h2-7H,1H3/b12-7-,19-15?. The van der Waals surface area contributed by atoms with Crippen LogP contribution in [0.2, 0.25) is 0 Å². The van der Waals surface area contributed by atoms with Crippen LogP contribution in [0, 0.1) is 9.58 Å². The van der Waals surface area contributed by atoms with Gasteiger partial charge in [-0.15, -0.1) is 0 Å². The van der Waals surface area contributed by atoms with Crippen LogP contribution in [-0.2, 0) is 4.79 Å². The van der Waals surface area contributed by atoms with Crippen LogP contribution in [0.4, 0.5) is 10.1 Å². The topological polar surface area (TPSA) is 45.8 Å². The minimum Gasteiger partial charge on any atom is -0.450 e. The van der Waals surface area contributed by atoms with Crippen LogP contribution < -0.4 is 0 Å². The molecule has 1 fully saturated rings. The van der Waals surface area contributed by atoms with Crippen molar-refractivity contribution in [1.29, 1.82) is 0 Å². The number of thioether (sulfide) groups is 1. The van der Waals surface area contributed by atoms with Crippen molar-refractivity contribution < 1.29 is 13.6 Å². The van der Waals surface area contributed by atoms with E-state index in [1.165, 1.54) is 28.8 Å². The predicted molar refractivity (Wildman–Crippen MR) is 101 cm³/mol. The van der Waals surface area contributed by atoms with Gasteiger partial charge in [-0.1, -0.05) is 6.07 Å². The zero-order chi connectivity index (χ0) is 16.6. The number of rotatable bonds is 2. The van der Waals surface area contributed by atoms with Gasteiger partial charge in [0.1, 0.15) is 11.6 Å². The van der Waals surface area contributed by atoms with E-state index in [2.05, 4.69) is 43.5 Å². The third-order valence-electron chi connectivity index (χ3n) is 2.97. The van der Waals surface area contributed by atoms with Gasteiger partial charge in [0.05, 0.1) is 15.1 Å². The molecule has 0 bridgehead atoms. The Morgan fingerprint density at radius 3 is 2.87 bits per heavy atom. The average molecular weight is 507 g/mol. The summed E-state index contributed by atoms with van der Waals surface area (Å²) in [6.45, 7) is 0. The minimum absolute atomic E-state index is 0.173. The lowest BCUT2D eigenvalue weighted by Crippen LogP contribution is -2.23. The van der Waals surface area contributed by atoms with E-state index >= 15 is 0 Å². The second-order valence-corrected chi connectivity index (χ2v) is 7.46. The van der Waals surface area contributed by atoms with Gasteiger partial charge in [0.15, 0.2) is 8.93 Å². The fraction of sp³-hybridized carbons (Fsp3) is 0.0667. The Labute approximate surface area is 158 Å². The van der Waals surface area contributed by atoms with E-state index in [4.69, 9.17) is 4.42 Å². The van der Waals surface area contributed by atoms with Crippen molar-refractivity contribution in [2.45, 2.75) is 0 Å². The molecule has 0 N–H and O–H groups in total. The van der Waals surface area contributed by atoms with Gasteiger partial charge in [-0.25, -0.2) is 9.38 Å². The fourth-order valence-corrected chi connectivity index (χ4v) is 3.55. The first-order chi connectivity index (χ1) is 10.9. The Morgan fingerprint density at radius 2 is 2.22 bits per heavy atom. The van der Waals surface area contributed by atoms with Gasteiger partial charge in [0, 0.05) is 35.7 Å². The van der Waals surface area contributed by atoms with Crippen LogP contribution in [0.1, 0.15) is 5.76 Å². The highest BCUT2D eigenvalue weighted by Gasteiger charge is 2.30. The molecule has 1 aliphatic rings. The van der Waals surface area contributed by atoms with Crippen LogP contribution in [0.3, 0.4) is 0 Å². The molecule has 4 nitrogen and oxygen atoms in total. The normalized spacial score (nSPS) is 18.4.